The molecule has 2 aliphatic rings. The summed E-state index contributed by atoms with van der Waals surface area (Å²) >= 11 is 0. The lowest BCUT2D eigenvalue weighted by Gasteiger charge is -2.47. The highest BCUT2D eigenvalue weighted by atomic mass is 32.2. The van der Waals surface area contributed by atoms with Crippen LogP contribution >= 0.6 is 0 Å². The molecule has 52 heavy (non-hydrogen) atoms. The van der Waals surface area contributed by atoms with Crippen LogP contribution in [0.15, 0.2) is 36.4 Å². The molecule has 6 atom stereocenters. The standard InChI is InChI=1S/C39H62N6O6S/c1-25-20-30(43-45(25)38(5,6)7)34(47)41-33(39(8,9)52(10,50)51)36(49)40-29(21-26-16-12-11-13-17-26)32(46)24-44-23-28-19-15-14-18-27(28)22-31(44)35(48)42-37(2,3)4/h11-13,16-17,20,27-29,31-33,46H,14-15,18-19,21-24H2,1-10H3,(H,40,49)(H,41,47)(H,42,48)/t27-,28+,29-,31-,32+,33+/m0/s1. The molecule has 4 rings (SSSR count). The zero-order chi connectivity index (χ0) is 38.8. The number of aryl methyl sites for hydroxylation is 1. The smallest absolute Gasteiger partial charge is 0.272 e. The zero-order valence-electron chi connectivity index (χ0n) is 32.8. The minimum Gasteiger partial charge on any atom is -0.390 e. The topological polar surface area (TPSA) is 163 Å². The number of nitrogens with zero attached hydrogens (tertiary/aromatic N) is 3. The van der Waals surface area contributed by atoms with E-state index in [0.29, 0.717) is 24.8 Å². The van der Waals surface area contributed by atoms with Crippen LogP contribution < -0.4 is 16.0 Å². The first-order valence-corrected chi connectivity index (χ1v) is 20.5. The molecule has 1 aromatic carbocycles. The van der Waals surface area contributed by atoms with Gasteiger partial charge in [0.15, 0.2) is 9.84 Å². The van der Waals surface area contributed by atoms with Gasteiger partial charge in [-0.2, -0.15) is 5.10 Å². The molecule has 1 aliphatic heterocycles. The molecule has 0 bridgehead atoms. The third-order valence-corrected chi connectivity index (χ3v) is 12.9. The van der Waals surface area contributed by atoms with Crippen molar-refractivity contribution in [1.82, 2.24) is 30.6 Å². The SMILES string of the molecule is Cc1cc(C(=O)N[C@H](C(=O)N[C@@H](Cc2ccccc2)[C@H](O)CN2C[C@H]3CCCC[C@H]3C[C@H]2C(=O)NC(C)(C)C)C(C)(C)S(C)(=O)=O)nn1C(C)(C)C. The third kappa shape index (κ3) is 10.2. The molecule has 0 radical (unpaired) electrons. The Bertz CT molecular complexity index is 1680. The monoisotopic (exact) mass is 742 g/mol. The lowest BCUT2D eigenvalue weighted by molar-refractivity contribution is -0.133. The fraction of sp³-hybridized carbons (Fsp3) is 0.692. The highest BCUT2D eigenvalue weighted by molar-refractivity contribution is 7.92. The van der Waals surface area contributed by atoms with E-state index >= 15 is 0 Å². The van der Waals surface area contributed by atoms with E-state index in [1.165, 1.54) is 13.8 Å². The van der Waals surface area contributed by atoms with Crippen molar-refractivity contribution >= 4 is 27.6 Å². The molecule has 1 saturated carbocycles. The Morgan fingerprint density at radius 2 is 1.58 bits per heavy atom. The lowest BCUT2D eigenvalue weighted by Crippen LogP contribution is -2.64. The predicted octanol–water partition coefficient (Wildman–Crippen LogP) is 3.75. The van der Waals surface area contributed by atoms with Gasteiger partial charge < -0.3 is 21.1 Å². The van der Waals surface area contributed by atoms with Crippen LogP contribution in [-0.4, -0.2) is 99.8 Å². The number of sulfone groups is 1. The van der Waals surface area contributed by atoms with Crippen molar-refractivity contribution in [3.8, 4) is 0 Å². The average molecular weight is 743 g/mol. The number of piperidine rings is 1. The third-order valence-electron chi connectivity index (χ3n) is 10.8. The van der Waals surface area contributed by atoms with Gasteiger partial charge in [0.05, 0.1) is 28.5 Å². The Kier molecular flexibility index (Phi) is 12.7. The molecule has 4 N–H and O–H groups in total. The normalized spacial score (nSPS) is 22.1. The maximum absolute atomic E-state index is 14.3. The van der Waals surface area contributed by atoms with Gasteiger partial charge in [0.1, 0.15) is 11.7 Å². The minimum absolute atomic E-state index is 0.0566. The molecule has 1 saturated heterocycles. The first kappa shape index (κ1) is 41.5. The van der Waals surface area contributed by atoms with Crippen LogP contribution in [0.5, 0.6) is 0 Å². The van der Waals surface area contributed by atoms with E-state index < -0.39 is 61.7 Å². The highest BCUT2D eigenvalue weighted by Crippen LogP contribution is 2.39. The van der Waals surface area contributed by atoms with Gasteiger partial charge in [0.2, 0.25) is 11.8 Å². The Labute approximate surface area is 310 Å². The van der Waals surface area contributed by atoms with Crippen LogP contribution in [0, 0.1) is 18.8 Å². The van der Waals surface area contributed by atoms with Crippen molar-refractivity contribution in [2.45, 2.75) is 141 Å². The molecule has 2 aromatic rings. The number of carbonyl (C=O) groups excluding carboxylic acids is 3. The van der Waals surface area contributed by atoms with E-state index in [1.807, 2.05) is 78.8 Å². The van der Waals surface area contributed by atoms with E-state index in [2.05, 4.69) is 25.9 Å². The highest BCUT2D eigenvalue weighted by Gasteiger charge is 2.46. The molecular weight excluding hydrogens is 681 g/mol. The zero-order valence-corrected chi connectivity index (χ0v) is 33.6. The van der Waals surface area contributed by atoms with Crippen LogP contribution in [-0.2, 0) is 31.4 Å². The summed E-state index contributed by atoms with van der Waals surface area (Å²) in [4.78, 5) is 43.8. The quantitative estimate of drug-likeness (QED) is 0.256. The summed E-state index contributed by atoms with van der Waals surface area (Å²) in [5.74, 6) is -0.648. The number of benzene rings is 1. The summed E-state index contributed by atoms with van der Waals surface area (Å²) in [7, 11) is -3.90. The van der Waals surface area contributed by atoms with E-state index in [4.69, 9.17) is 0 Å². The summed E-state index contributed by atoms with van der Waals surface area (Å²) in [5, 5.41) is 25.2. The second-order valence-corrected chi connectivity index (χ2v) is 20.3. The molecular formula is C39H62N6O6S. The molecule has 3 amide bonds. The predicted molar refractivity (Wildman–Crippen MR) is 204 cm³/mol. The first-order chi connectivity index (χ1) is 24.0. The number of aliphatic hydroxyl groups excluding tert-OH is 1. The second-order valence-electron chi connectivity index (χ2n) is 17.7. The van der Waals surface area contributed by atoms with Gasteiger partial charge in [0.25, 0.3) is 5.91 Å². The van der Waals surface area contributed by atoms with E-state index in [9.17, 15) is 27.9 Å². The van der Waals surface area contributed by atoms with Gasteiger partial charge >= 0.3 is 0 Å². The summed E-state index contributed by atoms with van der Waals surface area (Å²) in [6, 6.07) is 8.18. The number of amides is 3. The summed E-state index contributed by atoms with van der Waals surface area (Å²) in [6.45, 7) is 17.1. The Morgan fingerprint density at radius 1 is 0.962 bits per heavy atom. The number of rotatable bonds is 12. The summed E-state index contributed by atoms with van der Waals surface area (Å²) in [5.41, 5.74) is 0.806. The maximum atomic E-state index is 14.3. The first-order valence-electron chi connectivity index (χ1n) is 18.6. The second kappa shape index (κ2) is 16.0. The summed E-state index contributed by atoms with van der Waals surface area (Å²) < 4.78 is 26.3. The van der Waals surface area contributed by atoms with E-state index in [-0.39, 0.29) is 24.6 Å². The van der Waals surface area contributed by atoms with Crippen LogP contribution in [0.2, 0.25) is 0 Å². The van der Waals surface area contributed by atoms with E-state index in [1.54, 1.807) is 10.7 Å². The van der Waals surface area contributed by atoms with Crippen molar-refractivity contribution in [3.05, 3.63) is 53.3 Å². The van der Waals surface area contributed by atoms with Crippen LogP contribution in [0.25, 0.3) is 0 Å². The number of nitrogens with one attached hydrogen (secondary N) is 3. The van der Waals surface area contributed by atoms with Gasteiger partial charge in [-0.25, -0.2) is 8.42 Å². The number of β-amino-alcohol motifs (C(OH)–C–C–N with tert-alkyl or cyclic N) is 1. The molecule has 290 valence electrons. The van der Waals surface area contributed by atoms with Gasteiger partial charge in [-0.05, 0) is 105 Å². The van der Waals surface area contributed by atoms with Gasteiger partial charge in [-0.15, -0.1) is 0 Å². The van der Waals surface area contributed by atoms with Gasteiger partial charge in [-0.1, -0.05) is 49.6 Å². The van der Waals surface area contributed by atoms with Crippen molar-refractivity contribution in [3.63, 3.8) is 0 Å². The van der Waals surface area contributed by atoms with Crippen molar-refractivity contribution in [2.24, 2.45) is 11.8 Å². The Balaban J connectivity index is 1.65. The molecule has 1 aliphatic carbocycles. The number of carbonyl (C=O) groups is 3. The van der Waals surface area contributed by atoms with Crippen LogP contribution in [0.3, 0.4) is 0 Å². The maximum Gasteiger partial charge on any atom is 0.272 e. The molecule has 1 aromatic heterocycles. The Hall–Kier alpha value is -3.29. The number of aromatic nitrogens is 2. The molecule has 2 heterocycles. The van der Waals surface area contributed by atoms with E-state index in [0.717, 1.165) is 43.2 Å². The molecule has 2 fully saturated rings. The molecule has 12 nitrogen and oxygen atoms in total. The number of likely N-dealkylation sites (tertiary alicyclic amines) is 1. The minimum atomic E-state index is -3.90. The average Bonchev–Trinajstić information content (AvgIpc) is 3.44. The van der Waals surface area contributed by atoms with Crippen molar-refractivity contribution in [1.29, 1.82) is 0 Å². The fourth-order valence-corrected chi connectivity index (χ4v) is 8.24. The van der Waals surface area contributed by atoms with Crippen LogP contribution in [0.4, 0.5) is 0 Å². The number of hydrogen-bond acceptors (Lipinski definition) is 8. The van der Waals surface area contributed by atoms with Crippen LogP contribution in [0.1, 0.15) is 109 Å². The fourth-order valence-electron chi connectivity index (χ4n) is 7.65. The number of hydrogen-bond donors (Lipinski definition) is 4. The molecule has 0 unspecified atom stereocenters. The lowest BCUT2D eigenvalue weighted by atomic mass is 9.72. The van der Waals surface area contributed by atoms with Gasteiger partial charge in [0, 0.05) is 30.6 Å². The largest absolute Gasteiger partial charge is 0.390 e. The molecule has 0 spiro atoms. The number of aliphatic hydroxyl groups is 1. The van der Waals surface area contributed by atoms with Gasteiger partial charge in [-0.3, -0.25) is 24.0 Å². The molecule has 13 heteroatoms. The van der Waals surface area contributed by atoms with Crippen molar-refractivity contribution < 1.29 is 27.9 Å². The number of fused-ring (bicyclic) bond motifs is 1. The summed E-state index contributed by atoms with van der Waals surface area (Å²) in [6.07, 6.45) is 5.31. The van der Waals surface area contributed by atoms with Crippen molar-refractivity contribution in [2.75, 3.05) is 19.3 Å². The Morgan fingerprint density at radius 3 is 2.13 bits per heavy atom.